The highest BCUT2D eigenvalue weighted by molar-refractivity contribution is 7.92. The first kappa shape index (κ1) is 12.0. The van der Waals surface area contributed by atoms with Gasteiger partial charge in [-0.3, -0.25) is 4.72 Å². The van der Waals surface area contributed by atoms with Crippen LogP contribution >= 0.6 is 0 Å². The van der Waals surface area contributed by atoms with Crippen molar-refractivity contribution < 1.29 is 17.9 Å². The lowest BCUT2D eigenvalue weighted by atomic mass is 10.4. The van der Waals surface area contributed by atoms with E-state index in [2.05, 4.69) is 9.71 Å². The Morgan fingerprint density at radius 2 is 2.18 bits per heavy atom. The maximum Gasteiger partial charge on any atom is 0.258 e. The Morgan fingerprint density at radius 3 is 2.71 bits per heavy atom. The highest BCUT2D eigenvalue weighted by Gasteiger charge is 2.27. The minimum atomic E-state index is -3.35. The Kier molecular flexibility index (Phi) is 3.10. The molecule has 2 rings (SSSR count). The SMILES string of the molecule is COc1nccc(NS(C)(=O)=O)c1OC1CC1. The van der Waals surface area contributed by atoms with Crippen molar-refractivity contribution in [2.24, 2.45) is 0 Å². The van der Waals surface area contributed by atoms with Gasteiger partial charge in [-0.1, -0.05) is 0 Å². The van der Waals surface area contributed by atoms with Crippen molar-refractivity contribution in [3.8, 4) is 11.6 Å². The van der Waals surface area contributed by atoms with Gasteiger partial charge in [0, 0.05) is 6.20 Å². The summed E-state index contributed by atoms with van der Waals surface area (Å²) in [6, 6.07) is 1.54. The fourth-order valence-electron chi connectivity index (χ4n) is 1.32. The Bertz CT molecular complexity index is 511. The standard InChI is InChI=1S/C10H14N2O4S/c1-15-10-9(16-7-3-4-7)8(5-6-11-10)12-17(2,13)14/h5-7H,3-4H2,1-2H3,(H,11,12). The van der Waals surface area contributed by atoms with Crippen LogP contribution in [0.2, 0.25) is 0 Å². The number of anilines is 1. The van der Waals surface area contributed by atoms with Crippen molar-refractivity contribution in [2.45, 2.75) is 18.9 Å². The Hall–Kier alpha value is -1.50. The predicted molar refractivity (Wildman–Crippen MR) is 62.9 cm³/mol. The van der Waals surface area contributed by atoms with Crippen LogP contribution in [0.1, 0.15) is 12.8 Å². The number of hydrogen-bond donors (Lipinski definition) is 1. The lowest BCUT2D eigenvalue weighted by Gasteiger charge is -2.13. The van der Waals surface area contributed by atoms with Crippen LogP contribution in [-0.2, 0) is 10.0 Å². The first-order valence-corrected chi connectivity index (χ1v) is 7.06. The second-order valence-electron chi connectivity index (χ2n) is 3.89. The van der Waals surface area contributed by atoms with Crippen molar-refractivity contribution in [1.29, 1.82) is 0 Å². The zero-order valence-electron chi connectivity index (χ0n) is 9.63. The molecule has 1 aromatic heterocycles. The van der Waals surface area contributed by atoms with Crippen molar-refractivity contribution >= 4 is 15.7 Å². The van der Waals surface area contributed by atoms with E-state index in [0.29, 0.717) is 11.4 Å². The van der Waals surface area contributed by atoms with E-state index in [1.807, 2.05) is 0 Å². The molecule has 7 heteroatoms. The van der Waals surface area contributed by atoms with Crippen LogP contribution in [0.15, 0.2) is 12.3 Å². The second-order valence-corrected chi connectivity index (χ2v) is 5.64. The van der Waals surface area contributed by atoms with Gasteiger partial charge >= 0.3 is 0 Å². The maximum atomic E-state index is 11.2. The zero-order valence-corrected chi connectivity index (χ0v) is 10.5. The van der Waals surface area contributed by atoms with Gasteiger partial charge in [0.1, 0.15) is 0 Å². The van der Waals surface area contributed by atoms with Crippen LogP contribution in [0, 0.1) is 0 Å². The van der Waals surface area contributed by atoms with Crippen molar-refractivity contribution in [1.82, 2.24) is 4.98 Å². The third kappa shape index (κ3) is 3.23. The first-order chi connectivity index (χ1) is 7.99. The molecule has 1 aliphatic carbocycles. The number of pyridine rings is 1. The summed E-state index contributed by atoms with van der Waals surface area (Å²) in [5, 5.41) is 0. The highest BCUT2D eigenvalue weighted by atomic mass is 32.2. The predicted octanol–water partition coefficient (Wildman–Crippen LogP) is 1.00. The van der Waals surface area contributed by atoms with Crippen LogP contribution < -0.4 is 14.2 Å². The molecule has 1 N–H and O–H groups in total. The van der Waals surface area contributed by atoms with Gasteiger partial charge in [-0.25, -0.2) is 13.4 Å². The van der Waals surface area contributed by atoms with E-state index in [1.54, 1.807) is 6.07 Å². The first-order valence-electron chi connectivity index (χ1n) is 5.17. The number of sulfonamides is 1. The number of nitrogens with one attached hydrogen (secondary N) is 1. The van der Waals surface area contributed by atoms with Gasteiger partial charge in [-0.15, -0.1) is 0 Å². The quantitative estimate of drug-likeness (QED) is 0.852. The monoisotopic (exact) mass is 258 g/mol. The molecule has 0 aromatic carbocycles. The molecule has 0 aliphatic heterocycles. The number of ether oxygens (including phenoxy) is 2. The molecule has 17 heavy (non-hydrogen) atoms. The summed E-state index contributed by atoms with van der Waals surface area (Å²) >= 11 is 0. The summed E-state index contributed by atoms with van der Waals surface area (Å²) in [7, 11) is -1.89. The molecule has 0 unspecified atom stereocenters. The molecule has 6 nitrogen and oxygen atoms in total. The van der Waals surface area contributed by atoms with E-state index < -0.39 is 10.0 Å². The van der Waals surface area contributed by atoms with Gasteiger partial charge in [0.2, 0.25) is 15.8 Å². The largest absolute Gasteiger partial charge is 0.483 e. The number of methoxy groups -OCH3 is 1. The van der Waals surface area contributed by atoms with Crippen LogP contribution in [0.5, 0.6) is 11.6 Å². The summed E-state index contributed by atoms with van der Waals surface area (Å²) in [5.74, 6) is 0.633. The molecule has 0 bridgehead atoms. The molecule has 1 fully saturated rings. The van der Waals surface area contributed by atoms with Gasteiger partial charge < -0.3 is 9.47 Å². The van der Waals surface area contributed by atoms with Crippen molar-refractivity contribution in [3.63, 3.8) is 0 Å². The third-order valence-electron chi connectivity index (χ3n) is 2.17. The van der Waals surface area contributed by atoms with Gasteiger partial charge in [-0.2, -0.15) is 0 Å². The molecule has 1 heterocycles. The highest BCUT2D eigenvalue weighted by Crippen LogP contribution is 2.38. The lowest BCUT2D eigenvalue weighted by Crippen LogP contribution is -2.12. The average molecular weight is 258 g/mol. The Labute approximate surface area is 100 Å². The molecule has 1 aliphatic rings. The van der Waals surface area contributed by atoms with Crippen LogP contribution in [0.25, 0.3) is 0 Å². The summed E-state index contributed by atoms with van der Waals surface area (Å²) in [6.07, 6.45) is 4.62. The molecule has 0 atom stereocenters. The summed E-state index contributed by atoms with van der Waals surface area (Å²) in [5.41, 5.74) is 0.353. The average Bonchev–Trinajstić information content (AvgIpc) is 3.02. The number of nitrogens with zero attached hydrogens (tertiary/aromatic N) is 1. The zero-order chi connectivity index (χ0) is 12.5. The fourth-order valence-corrected chi connectivity index (χ4v) is 1.88. The summed E-state index contributed by atoms with van der Waals surface area (Å²) in [6.45, 7) is 0. The van der Waals surface area contributed by atoms with E-state index in [4.69, 9.17) is 9.47 Å². The van der Waals surface area contributed by atoms with Crippen LogP contribution in [0.4, 0.5) is 5.69 Å². The molecule has 1 saturated carbocycles. The molecule has 1 aromatic rings. The van der Waals surface area contributed by atoms with Gasteiger partial charge in [0.15, 0.2) is 0 Å². The minimum Gasteiger partial charge on any atom is -0.483 e. The molecule has 0 saturated heterocycles. The summed E-state index contributed by atoms with van der Waals surface area (Å²) in [4.78, 5) is 3.99. The molecular weight excluding hydrogens is 244 g/mol. The van der Waals surface area contributed by atoms with Crippen LogP contribution in [0.3, 0.4) is 0 Å². The molecule has 0 spiro atoms. The van der Waals surface area contributed by atoms with E-state index >= 15 is 0 Å². The minimum absolute atomic E-state index is 0.133. The summed E-state index contributed by atoms with van der Waals surface area (Å²) < 4.78 is 35.5. The second kappa shape index (κ2) is 4.40. The van der Waals surface area contributed by atoms with E-state index in [-0.39, 0.29) is 12.0 Å². The number of hydrogen-bond acceptors (Lipinski definition) is 5. The van der Waals surface area contributed by atoms with Crippen molar-refractivity contribution in [3.05, 3.63) is 12.3 Å². The number of rotatable bonds is 5. The smallest absolute Gasteiger partial charge is 0.258 e. The normalized spacial score (nSPS) is 15.4. The van der Waals surface area contributed by atoms with Gasteiger partial charge in [-0.05, 0) is 18.9 Å². The topological polar surface area (TPSA) is 77.5 Å². The Morgan fingerprint density at radius 1 is 1.47 bits per heavy atom. The Balaban J connectivity index is 2.34. The molecule has 0 amide bonds. The molecule has 0 radical (unpaired) electrons. The fraction of sp³-hybridized carbons (Fsp3) is 0.500. The molecule has 94 valence electrons. The number of aromatic nitrogens is 1. The molecular formula is C10H14N2O4S. The van der Waals surface area contributed by atoms with Crippen LogP contribution in [-0.4, -0.2) is 32.9 Å². The maximum absolute atomic E-state index is 11.2. The van der Waals surface area contributed by atoms with Gasteiger partial charge in [0.25, 0.3) is 5.88 Å². The van der Waals surface area contributed by atoms with Crippen molar-refractivity contribution in [2.75, 3.05) is 18.1 Å². The van der Waals surface area contributed by atoms with E-state index in [9.17, 15) is 8.42 Å². The van der Waals surface area contributed by atoms with E-state index in [0.717, 1.165) is 19.1 Å². The van der Waals surface area contributed by atoms with E-state index in [1.165, 1.54) is 13.3 Å². The lowest BCUT2D eigenvalue weighted by molar-refractivity contribution is 0.278. The van der Waals surface area contributed by atoms with Gasteiger partial charge in [0.05, 0.1) is 25.2 Å². The third-order valence-corrected chi connectivity index (χ3v) is 2.76.